The van der Waals surface area contributed by atoms with Gasteiger partial charge in [0.15, 0.2) is 0 Å². The van der Waals surface area contributed by atoms with Crippen molar-refractivity contribution in [2.24, 2.45) is 5.73 Å². The van der Waals surface area contributed by atoms with Crippen molar-refractivity contribution in [3.05, 3.63) is 0 Å². The lowest BCUT2D eigenvalue weighted by Crippen LogP contribution is -2.49. The Kier molecular flexibility index (Phi) is 3.17. The minimum Gasteiger partial charge on any atom is -0.388 e. The number of hydrogen-bond acceptors (Lipinski definition) is 3. The molecular formula is C10H20N2O2. The summed E-state index contributed by atoms with van der Waals surface area (Å²) in [7, 11) is 0. The van der Waals surface area contributed by atoms with Gasteiger partial charge < -0.3 is 16.2 Å². The molecule has 0 heterocycles. The third-order valence-corrected chi connectivity index (χ3v) is 3.14. The molecule has 0 radical (unpaired) electrons. The van der Waals surface area contributed by atoms with Crippen LogP contribution in [-0.2, 0) is 4.79 Å². The molecule has 0 unspecified atom stereocenters. The van der Waals surface area contributed by atoms with Crippen LogP contribution in [0.5, 0.6) is 0 Å². The number of carbonyl (C=O) groups excluding carboxylic acids is 1. The van der Waals surface area contributed by atoms with Crippen molar-refractivity contribution in [3.8, 4) is 0 Å². The molecule has 1 saturated carbocycles. The normalized spacial score (nSPS) is 19.1. The van der Waals surface area contributed by atoms with E-state index in [0.717, 1.165) is 12.8 Å². The molecule has 1 aliphatic rings. The van der Waals surface area contributed by atoms with Crippen molar-refractivity contribution in [2.45, 2.75) is 50.7 Å². The van der Waals surface area contributed by atoms with E-state index in [1.807, 2.05) is 13.8 Å². The molecule has 0 aromatic carbocycles. The predicted octanol–water partition coefficient (Wildman–Crippen LogP) is 0.145. The maximum atomic E-state index is 11.5. The first kappa shape index (κ1) is 11.5. The first-order valence-electron chi connectivity index (χ1n) is 5.25. The first-order valence-corrected chi connectivity index (χ1v) is 5.25. The maximum Gasteiger partial charge on any atom is 0.240 e. The lowest BCUT2D eigenvalue weighted by atomic mass is 9.97. The minimum absolute atomic E-state index is 0.127. The van der Waals surface area contributed by atoms with Gasteiger partial charge in [0.1, 0.15) is 0 Å². The Labute approximate surface area is 84.9 Å². The molecule has 0 saturated heterocycles. The average Bonchev–Trinajstić information content (AvgIpc) is 2.93. The summed E-state index contributed by atoms with van der Waals surface area (Å²) in [5.74, 6) is -0.127. The summed E-state index contributed by atoms with van der Waals surface area (Å²) in [6.07, 6.45) is 2.80. The smallest absolute Gasteiger partial charge is 0.240 e. The number of aliphatic hydroxyl groups is 1. The monoisotopic (exact) mass is 200 g/mol. The fraction of sp³-hybridized carbons (Fsp3) is 0.900. The Hall–Kier alpha value is -0.610. The van der Waals surface area contributed by atoms with Crippen LogP contribution in [0.2, 0.25) is 0 Å². The van der Waals surface area contributed by atoms with Crippen LogP contribution in [0.4, 0.5) is 0 Å². The van der Waals surface area contributed by atoms with Crippen LogP contribution in [0.15, 0.2) is 0 Å². The van der Waals surface area contributed by atoms with E-state index in [9.17, 15) is 9.90 Å². The van der Waals surface area contributed by atoms with E-state index in [2.05, 4.69) is 5.32 Å². The van der Waals surface area contributed by atoms with E-state index in [1.165, 1.54) is 0 Å². The number of carbonyl (C=O) groups is 1. The van der Waals surface area contributed by atoms with Crippen LogP contribution < -0.4 is 11.1 Å². The van der Waals surface area contributed by atoms with Crippen LogP contribution in [0.1, 0.15) is 39.5 Å². The van der Waals surface area contributed by atoms with Crippen molar-refractivity contribution in [3.63, 3.8) is 0 Å². The maximum absolute atomic E-state index is 11.5. The van der Waals surface area contributed by atoms with E-state index >= 15 is 0 Å². The molecule has 1 aliphatic carbocycles. The van der Waals surface area contributed by atoms with Crippen LogP contribution >= 0.6 is 0 Å². The summed E-state index contributed by atoms with van der Waals surface area (Å²) in [5.41, 5.74) is 4.30. The van der Waals surface area contributed by atoms with Crippen molar-refractivity contribution in [1.29, 1.82) is 0 Å². The Morgan fingerprint density at radius 3 is 2.36 bits per heavy atom. The van der Waals surface area contributed by atoms with Crippen LogP contribution in [0, 0.1) is 0 Å². The highest BCUT2D eigenvalue weighted by Crippen LogP contribution is 2.32. The van der Waals surface area contributed by atoms with Crippen molar-refractivity contribution < 1.29 is 9.90 Å². The molecule has 1 rings (SSSR count). The topological polar surface area (TPSA) is 75.3 Å². The number of amides is 1. The van der Waals surface area contributed by atoms with E-state index in [4.69, 9.17) is 5.73 Å². The van der Waals surface area contributed by atoms with E-state index in [0.29, 0.717) is 19.4 Å². The zero-order valence-electron chi connectivity index (χ0n) is 8.97. The van der Waals surface area contributed by atoms with Gasteiger partial charge in [-0.1, -0.05) is 13.8 Å². The molecule has 0 aromatic heterocycles. The van der Waals surface area contributed by atoms with Gasteiger partial charge in [0, 0.05) is 6.54 Å². The standard InChI is InChI=1S/C10H20N2O2/c1-3-9(14,4-2)7-12-8(13)10(11)5-6-10/h14H,3-7,11H2,1-2H3,(H,12,13). The fourth-order valence-electron chi connectivity index (χ4n) is 1.28. The highest BCUT2D eigenvalue weighted by molar-refractivity contribution is 5.88. The molecule has 0 bridgehead atoms. The molecule has 4 nitrogen and oxygen atoms in total. The second kappa shape index (κ2) is 3.87. The third kappa shape index (κ3) is 2.45. The van der Waals surface area contributed by atoms with Crippen molar-refractivity contribution in [2.75, 3.05) is 6.54 Å². The quantitative estimate of drug-likeness (QED) is 0.591. The highest BCUT2D eigenvalue weighted by atomic mass is 16.3. The number of nitrogens with one attached hydrogen (secondary N) is 1. The summed E-state index contributed by atoms with van der Waals surface area (Å²) < 4.78 is 0. The van der Waals surface area contributed by atoms with Gasteiger partial charge in [-0.05, 0) is 25.7 Å². The summed E-state index contributed by atoms with van der Waals surface area (Å²) in [5, 5.41) is 12.6. The second-order valence-electron chi connectivity index (χ2n) is 4.27. The lowest BCUT2D eigenvalue weighted by Gasteiger charge is -2.26. The number of nitrogens with two attached hydrogens (primary N) is 1. The molecule has 14 heavy (non-hydrogen) atoms. The Morgan fingerprint density at radius 1 is 1.50 bits per heavy atom. The molecule has 0 aromatic rings. The SMILES string of the molecule is CCC(O)(CC)CNC(=O)C1(N)CC1. The van der Waals surface area contributed by atoms with Gasteiger partial charge in [-0.2, -0.15) is 0 Å². The zero-order valence-corrected chi connectivity index (χ0v) is 8.97. The number of hydrogen-bond donors (Lipinski definition) is 3. The molecule has 0 atom stereocenters. The minimum atomic E-state index is -0.777. The summed E-state index contributed by atoms with van der Waals surface area (Å²) in [6.45, 7) is 4.12. The van der Waals surface area contributed by atoms with Gasteiger partial charge in [-0.3, -0.25) is 4.79 Å². The molecular weight excluding hydrogens is 180 g/mol. The lowest BCUT2D eigenvalue weighted by molar-refractivity contribution is -0.124. The Bertz CT molecular complexity index is 220. The highest BCUT2D eigenvalue weighted by Gasteiger charge is 2.46. The fourth-order valence-corrected chi connectivity index (χ4v) is 1.28. The summed E-state index contributed by atoms with van der Waals surface area (Å²) in [6, 6.07) is 0. The van der Waals surface area contributed by atoms with Gasteiger partial charge in [0.2, 0.25) is 5.91 Å². The molecule has 0 aliphatic heterocycles. The molecule has 4 heteroatoms. The summed E-state index contributed by atoms with van der Waals surface area (Å²) in [4.78, 5) is 11.5. The zero-order chi connectivity index (χ0) is 10.8. The number of rotatable bonds is 5. The molecule has 0 spiro atoms. The van der Waals surface area contributed by atoms with Crippen LogP contribution in [-0.4, -0.2) is 28.7 Å². The van der Waals surface area contributed by atoms with Crippen molar-refractivity contribution >= 4 is 5.91 Å². The molecule has 82 valence electrons. The third-order valence-electron chi connectivity index (χ3n) is 3.14. The van der Waals surface area contributed by atoms with Gasteiger partial charge in [0.05, 0.1) is 11.1 Å². The van der Waals surface area contributed by atoms with E-state index < -0.39 is 11.1 Å². The van der Waals surface area contributed by atoms with Gasteiger partial charge in [-0.25, -0.2) is 0 Å². The molecule has 4 N–H and O–H groups in total. The Morgan fingerprint density at radius 2 is 2.00 bits per heavy atom. The van der Waals surface area contributed by atoms with E-state index in [-0.39, 0.29) is 5.91 Å². The van der Waals surface area contributed by atoms with Crippen LogP contribution in [0.3, 0.4) is 0 Å². The summed E-state index contributed by atoms with van der Waals surface area (Å²) >= 11 is 0. The Balaban J connectivity index is 2.35. The second-order valence-corrected chi connectivity index (χ2v) is 4.27. The van der Waals surface area contributed by atoms with Gasteiger partial charge in [0.25, 0.3) is 0 Å². The molecule has 1 fully saturated rings. The van der Waals surface area contributed by atoms with Crippen molar-refractivity contribution in [1.82, 2.24) is 5.32 Å². The van der Waals surface area contributed by atoms with Gasteiger partial charge >= 0.3 is 0 Å². The van der Waals surface area contributed by atoms with Gasteiger partial charge in [-0.15, -0.1) is 0 Å². The predicted molar refractivity (Wildman–Crippen MR) is 54.7 cm³/mol. The average molecular weight is 200 g/mol. The molecule has 1 amide bonds. The van der Waals surface area contributed by atoms with E-state index in [1.54, 1.807) is 0 Å². The first-order chi connectivity index (χ1) is 6.46. The largest absolute Gasteiger partial charge is 0.388 e. The van der Waals surface area contributed by atoms with Crippen LogP contribution in [0.25, 0.3) is 0 Å².